The van der Waals surface area contributed by atoms with E-state index in [-0.39, 0.29) is 42.1 Å². The number of alkyl halides is 3. The monoisotopic (exact) mass is 522 g/mol. The summed E-state index contributed by atoms with van der Waals surface area (Å²) >= 11 is 0. The van der Waals surface area contributed by atoms with E-state index in [0.717, 1.165) is 0 Å². The third-order valence-corrected chi connectivity index (χ3v) is 1.01. The molecule has 0 atom stereocenters. The molecule has 0 bridgehead atoms. The Labute approximate surface area is 98.6 Å². The van der Waals surface area contributed by atoms with E-state index >= 15 is 0 Å². The van der Waals surface area contributed by atoms with Gasteiger partial charge in [0, 0.05) is 48.6 Å². The summed E-state index contributed by atoms with van der Waals surface area (Å²) in [5.74, 6) is 0. The maximum Gasteiger partial charge on any atom is 0.386 e. The van der Waals surface area contributed by atoms with E-state index in [9.17, 15) is 13.2 Å². The molecule has 0 aromatic heterocycles. The fraction of sp³-hybridized carbons (Fsp3) is 1.00. The Morgan fingerprint density at radius 3 is 1.50 bits per heavy atom. The second kappa shape index (κ2) is 8.67. The summed E-state index contributed by atoms with van der Waals surface area (Å²) in [6.07, 6.45) is -6.05. The van der Waals surface area contributed by atoms with Crippen molar-refractivity contribution < 1.29 is 55.3 Å². The molecule has 0 saturated carbocycles. The topological polar surface area (TPSA) is 28.2 Å². The molecule has 0 aliphatic rings. The quantitative estimate of drug-likeness (QED) is 0.545. The molecule has 0 aliphatic carbocycles. The van der Waals surface area contributed by atoms with Gasteiger partial charge in [-0.3, -0.25) is 0 Å². The van der Waals surface area contributed by atoms with Crippen LogP contribution in [-0.2, 0) is 42.1 Å². The van der Waals surface area contributed by atoms with E-state index in [2.05, 4.69) is 10.6 Å². The maximum absolute atomic E-state index is 11.6. The molecule has 0 fully saturated rings. The predicted molar refractivity (Wildman–Crippen MR) is 33.0 cm³/mol. The van der Waals surface area contributed by atoms with Crippen molar-refractivity contribution in [2.75, 3.05) is 14.1 Å². The fourth-order valence-corrected chi connectivity index (χ4v) is 0.505. The van der Waals surface area contributed by atoms with Crippen molar-refractivity contribution in [1.29, 1.82) is 0 Å². The second-order valence-electron chi connectivity index (χ2n) is 1.82. The first-order valence-electron chi connectivity index (χ1n) is 2.74. The Morgan fingerprint density at radius 1 is 1.08 bits per heavy atom. The van der Waals surface area contributed by atoms with E-state index < -0.39 is 18.8 Å². The van der Waals surface area contributed by atoms with Gasteiger partial charge in [0.15, 0.2) is 0 Å². The summed E-state index contributed by atoms with van der Waals surface area (Å²) in [5, 5.41) is 6.81. The molecular weight excluding hydrogens is 513 g/mol. The average molecular weight is 522 g/mol. The molecule has 0 rings (SSSR count). The van der Waals surface area contributed by atoms with Crippen LogP contribution < -0.4 is 0 Å². The van der Waals surface area contributed by atoms with Crippen LogP contribution >= 0.6 is 0 Å². The average Bonchev–Trinajstić information content (AvgIpc) is 1.81. The normalized spacial score (nSPS) is 10.5. The van der Waals surface area contributed by atoms with Crippen LogP contribution in [0.25, 0.3) is 10.6 Å². The van der Waals surface area contributed by atoms with Crippen LogP contribution in [-0.4, -0.2) is 26.4 Å². The molecule has 0 unspecified atom stereocenters. The Balaban J connectivity index is -0.000000405. The molecule has 7 heteroatoms. The van der Waals surface area contributed by atoms with Gasteiger partial charge in [-0.25, -0.2) is 6.17 Å². The van der Waals surface area contributed by atoms with Crippen molar-refractivity contribution in [2.45, 2.75) is 18.8 Å². The number of rotatable bonds is 3. The molecule has 12 heavy (non-hydrogen) atoms. The van der Waals surface area contributed by atoms with E-state index in [1.807, 2.05) is 0 Å². The van der Waals surface area contributed by atoms with E-state index in [1.54, 1.807) is 0 Å². The molecule has 0 aromatic carbocycles. The van der Waals surface area contributed by atoms with Crippen molar-refractivity contribution in [3.63, 3.8) is 0 Å². The summed E-state index contributed by atoms with van der Waals surface area (Å²) in [4.78, 5) is 0. The van der Waals surface area contributed by atoms with Crippen molar-refractivity contribution in [3.8, 4) is 0 Å². The van der Waals surface area contributed by atoms with Gasteiger partial charge >= 0.3 is 6.18 Å². The standard InChI is InChI=1S/C5H9F3N2.2W/c1-9-4(10-2)3-5(6,7)8;;/h4H,3H2,1-2H3;;/q-2;;. The number of halogens is 3. The summed E-state index contributed by atoms with van der Waals surface area (Å²) < 4.78 is 34.7. The minimum atomic E-state index is -4.16. The molecule has 0 radical (unpaired) electrons. The summed E-state index contributed by atoms with van der Waals surface area (Å²) in [7, 11) is 2.65. The van der Waals surface area contributed by atoms with Crippen molar-refractivity contribution in [1.82, 2.24) is 0 Å². The van der Waals surface area contributed by atoms with Gasteiger partial charge in [0.25, 0.3) is 0 Å². The third-order valence-electron chi connectivity index (χ3n) is 1.01. The minimum absolute atomic E-state index is 0. The van der Waals surface area contributed by atoms with Crippen molar-refractivity contribution >= 4 is 0 Å². The van der Waals surface area contributed by atoms with Gasteiger partial charge in [0.1, 0.15) is 0 Å². The van der Waals surface area contributed by atoms with Gasteiger partial charge in [-0.05, 0) is 0 Å². The molecule has 0 saturated heterocycles. The molecule has 0 aromatic rings. The molecule has 0 N–H and O–H groups in total. The molecule has 0 heterocycles. The zero-order chi connectivity index (χ0) is 8.20. The van der Waals surface area contributed by atoms with Gasteiger partial charge < -0.3 is 10.6 Å². The van der Waals surface area contributed by atoms with Crippen molar-refractivity contribution in [3.05, 3.63) is 10.6 Å². The van der Waals surface area contributed by atoms with Crippen LogP contribution in [0.5, 0.6) is 0 Å². The van der Waals surface area contributed by atoms with Gasteiger partial charge in [-0.2, -0.15) is 27.3 Å². The van der Waals surface area contributed by atoms with Crippen LogP contribution in [0, 0.1) is 0 Å². The van der Waals surface area contributed by atoms with Crippen LogP contribution in [0.4, 0.5) is 13.2 Å². The van der Waals surface area contributed by atoms with Crippen LogP contribution in [0.3, 0.4) is 0 Å². The van der Waals surface area contributed by atoms with Gasteiger partial charge in [-0.15, -0.1) is 0 Å². The zero-order valence-electron chi connectivity index (χ0n) is 6.63. The van der Waals surface area contributed by atoms with Crippen LogP contribution in [0.15, 0.2) is 0 Å². The Kier molecular flexibility index (Phi) is 13.6. The molecule has 74 valence electrons. The minimum Gasteiger partial charge on any atom is -0.680 e. The summed E-state index contributed by atoms with van der Waals surface area (Å²) in [6, 6.07) is 0. The Morgan fingerprint density at radius 2 is 1.42 bits per heavy atom. The number of hydrogen-bond donors (Lipinski definition) is 0. The molecule has 0 spiro atoms. The maximum atomic E-state index is 11.6. The van der Waals surface area contributed by atoms with E-state index in [4.69, 9.17) is 0 Å². The molecule has 0 aliphatic heterocycles. The first-order valence-corrected chi connectivity index (χ1v) is 2.74. The van der Waals surface area contributed by atoms with Crippen molar-refractivity contribution in [2.24, 2.45) is 0 Å². The third kappa shape index (κ3) is 11.1. The number of hydrogen-bond acceptors (Lipinski definition) is 0. The SMILES string of the molecule is C[N-]C(CC(F)(F)F)[N-]C.[W].[W]. The molecular formula is C5H9F3N2W2-2. The first-order chi connectivity index (χ1) is 4.49. The molecule has 0 amide bonds. The van der Waals surface area contributed by atoms with E-state index in [1.165, 1.54) is 14.1 Å². The van der Waals surface area contributed by atoms with Gasteiger partial charge in [0.05, 0.1) is 0 Å². The Bertz CT molecular complexity index is 95.2. The summed E-state index contributed by atoms with van der Waals surface area (Å²) in [5.41, 5.74) is 0. The largest absolute Gasteiger partial charge is 0.680 e. The molecule has 2 nitrogen and oxygen atoms in total. The van der Waals surface area contributed by atoms with Crippen LogP contribution in [0.2, 0.25) is 0 Å². The zero-order valence-corrected chi connectivity index (χ0v) is 12.5. The Hall–Kier alpha value is 1.09. The summed E-state index contributed by atoms with van der Waals surface area (Å²) in [6.45, 7) is 0. The fourth-order valence-electron chi connectivity index (χ4n) is 0.505. The predicted octanol–water partition coefficient (Wildman–Crippen LogP) is 2.27. The smallest absolute Gasteiger partial charge is 0.386 e. The van der Waals surface area contributed by atoms with Gasteiger partial charge in [0.2, 0.25) is 0 Å². The second-order valence-corrected chi connectivity index (χ2v) is 1.82. The van der Waals surface area contributed by atoms with Gasteiger partial charge in [-0.1, -0.05) is 0 Å². The number of nitrogens with zero attached hydrogens (tertiary/aromatic N) is 2. The van der Waals surface area contributed by atoms with Crippen LogP contribution in [0.1, 0.15) is 6.42 Å². The first kappa shape index (κ1) is 18.8. The van der Waals surface area contributed by atoms with E-state index in [0.29, 0.717) is 0 Å².